The van der Waals surface area contributed by atoms with Crippen LogP contribution in [0.15, 0.2) is 29.6 Å². The molecule has 0 aliphatic carbocycles. The zero-order valence-electron chi connectivity index (χ0n) is 13.9. The maximum absolute atomic E-state index is 13.0. The second-order valence-corrected chi connectivity index (χ2v) is 6.75. The number of methoxy groups -OCH3 is 1. The van der Waals surface area contributed by atoms with Crippen LogP contribution >= 0.6 is 11.3 Å². The van der Waals surface area contributed by atoms with Crippen LogP contribution in [-0.2, 0) is 17.7 Å². The van der Waals surface area contributed by atoms with Gasteiger partial charge in [0, 0.05) is 49.4 Å². The van der Waals surface area contributed by atoms with Gasteiger partial charge in [-0.05, 0) is 29.5 Å². The standard InChI is InChI=1S/C17H19N3O4S/c1-24-8-6-18-15-3-2-13(20(22)23)10-14(15)17(21)19-7-4-16-12(11-19)5-9-25-16/h2-3,5,9-10,18H,4,6-8,11H2,1H3. The number of anilines is 1. The number of carbonyl (C=O) groups is 1. The van der Waals surface area contributed by atoms with Crippen molar-refractivity contribution in [2.75, 3.05) is 32.1 Å². The summed E-state index contributed by atoms with van der Waals surface area (Å²) >= 11 is 1.70. The molecule has 0 radical (unpaired) electrons. The Kier molecular flexibility index (Phi) is 5.30. The number of nitrogens with zero attached hydrogens (tertiary/aromatic N) is 2. The molecule has 0 fully saturated rings. The van der Waals surface area contributed by atoms with E-state index < -0.39 is 4.92 Å². The lowest BCUT2D eigenvalue weighted by molar-refractivity contribution is -0.384. The fraction of sp³-hybridized carbons (Fsp3) is 0.353. The minimum Gasteiger partial charge on any atom is -0.383 e. The summed E-state index contributed by atoms with van der Waals surface area (Å²) in [7, 11) is 1.59. The first-order chi connectivity index (χ1) is 12.1. The molecule has 7 nitrogen and oxygen atoms in total. The quantitative estimate of drug-likeness (QED) is 0.486. The predicted octanol–water partition coefficient (Wildman–Crippen LogP) is 2.91. The van der Waals surface area contributed by atoms with Crippen LogP contribution in [0.4, 0.5) is 11.4 Å². The Hall–Kier alpha value is -2.45. The van der Waals surface area contributed by atoms with Crippen molar-refractivity contribution >= 4 is 28.6 Å². The zero-order chi connectivity index (χ0) is 17.8. The average molecular weight is 361 g/mol. The molecule has 0 saturated heterocycles. The number of nitrogens with one attached hydrogen (secondary N) is 1. The molecule has 0 bridgehead atoms. The zero-order valence-corrected chi connectivity index (χ0v) is 14.7. The highest BCUT2D eigenvalue weighted by Crippen LogP contribution is 2.28. The number of amides is 1. The van der Waals surface area contributed by atoms with Crippen molar-refractivity contribution in [3.05, 3.63) is 55.8 Å². The van der Waals surface area contributed by atoms with Gasteiger partial charge in [0.1, 0.15) is 0 Å². The highest BCUT2D eigenvalue weighted by Gasteiger charge is 2.25. The molecule has 8 heteroatoms. The fourth-order valence-electron chi connectivity index (χ4n) is 2.86. The molecule has 1 amide bonds. The third kappa shape index (κ3) is 3.80. The second kappa shape index (κ2) is 7.62. The van der Waals surface area contributed by atoms with E-state index in [-0.39, 0.29) is 11.6 Å². The Balaban J connectivity index is 1.86. The molecule has 25 heavy (non-hydrogen) atoms. The largest absolute Gasteiger partial charge is 0.383 e. The number of non-ortho nitro benzene ring substituents is 1. The van der Waals surface area contributed by atoms with Gasteiger partial charge in [-0.1, -0.05) is 0 Å². The smallest absolute Gasteiger partial charge is 0.270 e. The van der Waals surface area contributed by atoms with Gasteiger partial charge < -0.3 is 15.0 Å². The first-order valence-electron chi connectivity index (χ1n) is 7.96. The van der Waals surface area contributed by atoms with Crippen LogP contribution in [-0.4, -0.2) is 42.5 Å². The molecule has 2 aromatic rings. The number of thiophene rings is 1. The van der Waals surface area contributed by atoms with E-state index in [1.54, 1.807) is 29.4 Å². The summed E-state index contributed by atoms with van der Waals surface area (Å²) in [6, 6.07) is 6.37. The number of fused-ring (bicyclic) bond motifs is 1. The Bertz CT molecular complexity index is 790. The monoisotopic (exact) mass is 361 g/mol. The highest BCUT2D eigenvalue weighted by atomic mass is 32.1. The van der Waals surface area contributed by atoms with Crippen LogP contribution in [0.25, 0.3) is 0 Å². The SMILES string of the molecule is COCCNc1ccc([N+](=O)[O-])cc1C(=O)N1CCc2sccc2C1. The van der Waals surface area contributed by atoms with Gasteiger partial charge in [0.25, 0.3) is 11.6 Å². The third-order valence-corrected chi connectivity index (χ3v) is 5.18. The van der Waals surface area contributed by atoms with Crippen molar-refractivity contribution in [3.8, 4) is 0 Å². The number of nitro benzene ring substituents is 1. The van der Waals surface area contributed by atoms with Crippen LogP contribution in [0.1, 0.15) is 20.8 Å². The van der Waals surface area contributed by atoms with Crippen molar-refractivity contribution < 1.29 is 14.5 Å². The topological polar surface area (TPSA) is 84.7 Å². The minimum absolute atomic E-state index is 0.0890. The van der Waals surface area contributed by atoms with E-state index in [9.17, 15) is 14.9 Å². The van der Waals surface area contributed by atoms with E-state index in [0.29, 0.717) is 37.5 Å². The lowest BCUT2D eigenvalue weighted by Crippen LogP contribution is -2.35. The lowest BCUT2D eigenvalue weighted by atomic mass is 10.1. The van der Waals surface area contributed by atoms with Gasteiger partial charge in [0.15, 0.2) is 0 Å². The summed E-state index contributed by atoms with van der Waals surface area (Å²) in [5.74, 6) is -0.194. The van der Waals surface area contributed by atoms with E-state index in [4.69, 9.17) is 4.74 Å². The summed E-state index contributed by atoms with van der Waals surface area (Å²) < 4.78 is 5.01. The third-order valence-electron chi connectivity index (χ3n) is 4.16. The van der Waals surface area contributed by atoms with Crippen LogP contribution in [0, 0.1) is 10.1 Å². The molecular formula is C17H19N3O4S. The lowest BCUT2D eigenvalue weighted by Gasteiger charge is -2.27. The Morgan fingerprint density at radius 3 is 3.04 bits per heavy atom. The molecule has 3 rings (SSSR count). The van der Waals surface area contributed by atoms with Crippen molar-refractivity contribution in [3.63, 3.8) is 0 Å². The van der Waals surface area contributed by atoms with Gasteiger partial charge >= 0.3 is 0 Å². The molecule has 0 spiro atoms. The maximum Gasteiger partial charge on any atom is 0.270 e. The highest BCUT2D eigenvalue weighted by molar-refractivity contribution is 7.10. The predicted molar refractivity (Wildman–Crippen MR) is 96.2 cm³/mol. The summed E-state index contributed by atoms with van der Waals surface area (Å²) in [5.41, 5.74) is 1.98. The fourth-order valence-corrected chi connectivity index (χ4v) is 3.75. The molecule has 0 unspecified atom stereocenters. The first-order valence-corrected chi connectivity index (χ1v) is 8.84. The molecule has 0 saturated carbocycles. The molecular weight excluding hydrogens is 342 g/mol. The number of hydrogen-bond donors (Lipinski definition) is 1. The number of carbonyl (C=O) groups excluding carboxylic acids is 1. The summed E-state index contributed by atoms with van der Waals surface area (Å²) in [6.45, 7) is 2.15. The van der Waals surface area contributed by atoms with Gasteiger partial charge in [-0.2, -0.15) is 0 Å². The average Bonchev–Trinajstić information content (AvgIpc) is 3.09. The molecule has 2 heterocycles. The molecule has 1 N–H and O–H groups in total. The molecule has 1 aromatic heterocycles. The van der Waals surface area contributed by atoms with Crippen molar-refractivity contribution in [1.82, 2.24) is 4.90 Å². The van der Waals surface area contributed by atoms with Gasteiger partial charge in [-0.3, -0.25) is 14.9 Å². The van der Waals surface area contributed by atoms with Crippen molar-refractivity contribution in [2.45, 2.75) is 13.0 Å². The second-order valence-electron chi connectivity index (χ2n) is 5.75. The minimum atomic E-state index is -0.483. The first kappa shape index (κ1) is 17.4. The van der Waals surface area contributed by atoms with Gasteiger partial charge in [0.2, 0.25) is 0 Å². The molecule has 1 aliphatic rings. The molecule has 132 valence electrons. The van der Waals surface area contributed by atoms with Crippen LogP contribution in [0.2, 0.25) is 0 Å². The normalized spacial score (nSPS) is 13.4. The Morgan fingerprint density at radius 2 is 2.28 bits per heavy atom. The molecule has 1 aliphatic heterocycles. The maximum atomic E-state index is 13.0. The van der Waals surface area contributed by atoms with Crippen LogP contribution < -0.4 is 5.32 Å². The van der Waals surface area contributed by atoms with Gasteiger partial charge in [0.05, 0.1) is 17.1 Å². The number of ether oxygens (including phenoxy) is 1. The summed E-state index contributed by atoms with van der Waals surface area (Å²) in [6.07, 6.45) is 0.820. The summed E-state index contributed by atoms with van der Waals surface area (Å²) in [5, 5.41) is 16.2. The van der Waals surface area contributed by atoms with Crippen molar-refractivity contribution in [1.29, 1.82) is 0 Å². The summed E-state index contributed by atoms with van der Waals surface area (Å²) in [4.78, 5) is 26.7. The van der Waals surface area contributed by atoms with Crippen molar-refractivity contribution in [2.24, 2.45) is 0 Å². The van der Waals surface area contributed by atoms with E-state index >= 15 is 0 Å². The molecule has 0 atom stereocenters. The van der Waals surface area contributed by atoms with Gasteiger partial charge in [-0.25, -0.2) is 0 Å². The van der Waals surface area contributed by atoms with E-state index in [1.165, 1.54) is 17.0 Å². The van der Waals surface area contributed by atoms with Crippen LogP contribution in [0.5, 0.6) is 0 Å². The Labute approximate surface area is 149 Å². The number of hydrogen-bond acceptors (Lipinski definition) is 6. The van der Waals surface area contributed by atoms with E-state index in [0.717, 1.165) is 12.0 Å². The van der Waals surface area contributed by atoms with E-state index in [1.807, 2.05) is 11.4 Å². The van der Waals surface area contributed by atoms with Crippen LogP contribution in [0.3, 0.4) is 0 Å². The van der Waals surface area contributed by atoms with Gasteiger partial charge in [-0.15, -0.1) is 11.3 Å². The number of benzene rings is 1. The van der Waals surface area contributed by atoms with E-state index in [2.05, 4.69) is 5.32 Å². The number of rotatable bonds is 6. The Morgan fingerprint density at radius 1 is 1.44 bits per heavy atom. The molecule has 1 aromatic carbocycles. The number of nitro groups is 1.